The molecule has 0 fully saturated rings. The van der Waals surface area contributed by atoms with Gasteiger partial charge in [-0.05, 0) is 25.1 Å². The number of amides is 1. The number of hydrogen-bond acceptors (Lipinski definition) is 3. The Kier molecular flexibility index (Phi) is 3.76. The van der Waals surface area contributed by atoms with Gasteiger partial charge >= 0.3 is 0 Å². The molecular formula is C13H14ClN3O2. The van der Waals surface area contributed by atoms with E-state index in [0.29, 0.717) is 22.0 Å². The molecule has 0 radical (unpaired) electrons. The van der Waals surface area contributed by atoms with Crippen LogP contribution < -0.4 is 10.1 Å². The lowest BCUT2D eigenvalue weighted by Crippen LogP contribution is -2.12. The molecule has 6 heteroatoms. The lowest BCUT2D eigenvalue weighted by Gasteiger charge is -2.06. The number of anilines is 1. The van der Waals surface area contributed by atoms with E-state index in [2.05, 4.69) is 10.4 Å². The summed E-state index contributed by atoms with van der Waals surface area (Å²) >= 11 is 5.93. The fourth-order valence-electron chi connectivity index (χ4n) is 1.73. The Morgan fingerprint density at radius 1 is 1.42 bits per heavy atom. The maximum Gasteiger partial charge on any atom is 0.255 e. The van der Waals surface area contributed by atoms with Crippen LogP contribution in [0.25, 0.3) is 0 Å². The van der Waals surface area contributed by atoms with Gasteiger partial charge in [-0.15, -0.1) is 0 Å². The predicted octanol–water partition coefficient (Wildman–Crippen LogP) is 2.64. The Labute approximate surface area is 116 Å². The van der Waals surface area contributed by atoms with E-state index in [-0.39, 0.29) is 5.91 Å². The molecule has 0 bridgehead atoms. The zero-order chi connectivity index (χ0) is 14.0. The number of methoxy groups -OCH3 is 1. The lowest BCUT2D eigenvalue weighted by atomic mass is 10.2. The minimum atomic E-state index is -0.253. The first-order valence-electron chi connectivity index (χ1n) is 5.66. The standard InChI is InChI=1S/C13H14ClN3O2/c1-8-12(7-17(2)16-8)15-13(18)9-4-10(14)6-11(5-9)19-3/h4-7H,1-3H3,(H,15,18). The number of hydrogen-bond donors (Lipinski definition) is 1. The minimum absolute atomic E-state index is 0.253. The first-order chi connectivity index (χ1) is 8.99. The van der Waals surface area contributed by atoms with Gasteiger partial charge in [-0.25, -0.2) is 0 Å². The van der Waals surface area contributed by atoms with Crippen LogP contribution in [0.3, 0.4) is 0 Å². The zero-order valence-corrected chi connectivity index (χ0v) is 11.7. The number of aromatic nitrogens is 2. The van der Waals surface area contributed by atoms with Crippen LogP contribution >= 0.6 is 11.6 Å². The summed E-state index contributed by atoms with van der Waals surface area (Å²) in [5, 5.41) is 7.40. The van der Waals surface area contributed by atoms with E-state index in [4.69, 9.17) is 16.3 Å². The van der Waals surface area contributed by atoms with Gasteiger partial charge in [-0.3, -0.25) is 9.48 Å². The average Bonchev–Trinajstić information content (AvgIpc) is 2.67. The third-order valence-electron chi connectivity index (χ3n) is 2.63. The van der Waals surface area contributed by atoms with E-state index in [1.807, 2.05) is 6.92 Å². The number of halogens is 1. The summed E-state index contributed by atoms with van der Waals surface area (Å²) in [5.74, 6) is 0.289. The fourth-order valence-corrected chi connectivity index (χ4v) is 1.95. The minimum Gasteiger partial charge on any atom is -0.497 e. The zero-order valence-electron chi connectivity index (χ0n) is 10.9. The van der Waals surface area contributed by atoms with Gasteiger partial charge in [0.2, 0.25) is 0 Å². The topological polar surface area (TPSA) is 56.1 Å². The summed E-state index contributed by atoms with van der Waals surface area (Å²) in [6, 6.07) is 4.87. The van der Waals surface area contributed by atoms with E-state index < -0.39 is 0 Å². The van der Waals surface area contributed by atoms with Crippen molar-refractivity contribution >= 4 is 23.2 Å². The van der Waals surface area contributed by atoms with Crippen LogP contribution in [-0.4, -0.2) is 22.8 Å². The largest absolute Gasteiger partial charge is 0.497 e. The van der Waals surface area contributed by atoms with E-state index in [9.17, 15) is 4.79 Å². The average molecular weight is 280 g/mol. The number of rotatable bonds is 3. The summed E-state index contributed by atoms with van der Waals surface area (Å²) in [6.45, 7) is 1.83. The highest BCUT2D eigenvalue weighted by atomic mass is 35.5. The molecule has 0 spiro atoms. The molecule has 2 aromatic rings. The molecule has 0 unspecified atom stereocenters. The molecule has 0 saturated heterocycles. The number of benzene rings is 1. The van der Waals surface area contributed by atoms with Gasteiger partial charge in [0.15, 0.2) is 0 Å². The molecule has 0 saturated carbocycles. The Hall–Kier alpha value is -2.01. The van der Waals surface area contributed by atoms with Crippen LogP contribution in [0.4, 0.5) is 5.69 Å². The lowest BCUT2D eigenvalue weighted by molar-refractivity contribution is 0.102. The predicted molar refractivity (Wildman–Crippen MR) is 73.9 cm³/mol. The first-order valence-corrected chi connectivity index (χ1v) is 6.03. The second kappa shape index (κ2) is 5.32. The van der Waals surface area contributed by atoms with Crippen LogP contribution in [0.2, 0.25) is 5.02 Å². The molecule has 0 aliphatic rings. The van der Waals surface area contributed by atoms with E-state index in [1.54, 1.807) is 36.1 Å². The van der Waals surface area contributed by atoms with Gasteiger partial charge in [-0.1, -0.05) is 11.6 Å². The molecule has 0 aliphatic heterocycles. The molecular weight excluding hydrogens is 266 g/mol. The van der Waals surface area contributed by atoms with Gasteiger partial charge in [-0.2, -0.15) is 5.10 Å². The third kappa shape index (κ3) is 3.06. The smallest absolute Gasteiger partial charge is 0.255 e. The number of nitrogens with one attached hydrogen (secondary N) is 1. The highest BCUT2D eigenvalue weighted by molar-refractivity contribution is 6.31. The summed E-state index contributed by atoms with van der Waals surface area (Å²) in [6.07, 6.45) is 1.75. The van der Waals surface area contributed by atoms with Crippen molar-refractivity contribution in [1.29, 1.82) is 0 Å². The summed E-state index contributed by atoms with van der Waals surface area (Å²) in [4.78, 5) is 12.1. The maximum atomic E-state index is 12.1. The van der Waals surface area contributed by atoms with Crippen molar-refractivity contribution in [3.05, 3.63) is 40.7 Å². The number of carbonyl (C=O) groups is 1. The van der Waals surface area contributed by atoms with Crippen molar-refractivity contribution in [1.82, 2.24) is 9.78 Å². The Morgan fingerprint density at radius 3 is 2.74 bits per heavy atom. The van der Waals surface area contributed by atoms with Crippen molar-refractivity contribution < 1.29 is 9.53 Å². The van der Waals surface area contributed by atoms with E-state index >= 15 is 0 Å². The molecule has 1 aromatic heterocycles. The quantitative estimate of drug-likeness (QED) is 0.940. The molecule has 5 nitrogen and oxygen atoms in total. The van der Waals surface area contributed by atoms with Gasteiger partial charge in [0, 0.05) is 23.8 Å². The van der Waals surface area contributed by atoms with Crippen LogP contribution in [0.15, 0.2) is 24.4 Å². The van der Waals surface area contributed by atoms with Gasteiger partial charge in [0.05, 0.1) is 18.5 Å². The van der Waals surface area contributed by atoms with Gasteiger partial charge in [0.1, 0.15) is 5.75 Å². The Balaban J connectivity index is 2.25. The van der Waals surface area contributed by atoms with Crippen LogP contribution in [0.5, 0.6) is 5.75 Å². The molecule has 1 amide bonds. The maximum absolute atomic E-state index is 12.1. The van der Waals surface area contributed by atoms with Crippen molar-refractivity contribution in [2.75, 3.05) is 12.4 Å². The summed E-state index contributed by atoms with van der Waals surface area (Å²) in [7, 11) is 3.32. The molecule has 100 valence electrons. The highest BCUT2D eigenvalue weighted by Crippen LogP contribution is 2.22. The summed E-state index contributed by atoms with van der Waals surface area (Å²) < 4.78 is 6.73. The van der Waals surface area contributed by atoms with Crippen LogP contribution in [0, 0.1) is 6.92 Å². The molecule has 1 N–H and O–H groups in total. The van der Waals surface area contributed by atoms with Gasteiger partial charge < -0.3 is 10.1 Å². The second-order valence-corrected chi connectivity index (χ2v) is 4.57. The Bertz CT molecular complexity index is 622. The fraction of sp³-hybridized carbons (Fsp3) is 0.231. The highest BCUT2D eigenvalue weighted by Gasteiger charge is 2.12. The van der Waals surface area contributed by atoms with E-state index in [0.717, 1.165) is 5.69 Å². The normalized spacial score (nSPS) is 10.3. The Morgan fingerprint density at radius 2 is 2.16 bits per heavy atom. The van der Waals surface area contributed by atoms with Gasteiger partial charge in [0.25, 0.3) is 5.91 Å². The van der Waals surface area contributed by atoms with Crippen molar-refractivity contribution in [2.45, 2.75) is 6.92 Å². The molecule has 0 aliphatic carbocycles. The molecule has 0 atom stereocenters. The number of aryl methyl sites for hydroxylation is 2. The monoisotopic (exact) mass is 279 g/mol. The molecule has 2 rings (SSSR count). The SMILES string of the molecule is COc1cc(Cl)cc(C(=O)Nc2cn(C)nc2C)c1. The van der Waals surface area contributed by atoms with Crippen molar-refractivity contribution in [2.24, 2.45) is 7.05 Å². The van der Waals surface area contributed by atoms with Crippen LogP contribution in [0.1, 0.15) is 16.1 Å². The van der Waals surface area contributed by atoms with Crippen molar-refractivity contribution in [3.8, 4) is 5.75 Å². The molecule has 19 heavy (non-hydrogen) atoms. The molecule has 1 heterocycles. The van der Waals surface area contributed by atoms with E-state index in [1.165, 1.54) is 7.11 Å². The van der Waals surface area contributed by atoms with Crippen molar-refractivity contribution in [3.63, 3.8) is 0 Å². The first kappa shape index (κ1) is 13.4. The summed E-state index contributed by atoms with van der Waals surface area (Å²) in [5.41, 5.74) is 1.86. The van der Waals surface area contributed by atoms with Crippen LogP contribution in [-0.2, 0) is 7.05 Å². The molecule has 1 aromatic carbocycles. The second-order valence-electron chi connectivity index (χ2n) is 4.14. The number of carbonyl (C=O) groups excluding carboxylic acids is 1. The third-order valence-corrected chi connectivity index (χ3v) is 2.85. The number of nitrogens with zero attached hydrogens (tertiary/aromatic N) is 2. The number of ether oxygens (including phenoxy) is 1.